The van der Waals surface area contributed by atoms with Gasteiger partial charge in [-0.05, 0) is 25.1 Å². The Kier molecular flexibility index (Phi) is 6.25. The Morgan fingerprint density at radius 1 is 1.10 bits per heavy atom. The number of esters is 1. The van der Waals surface area contributed by atoms with Crippen molar-refractivity contribution in [2.24, 2.45) is 0 Å². The number of halogens is 2. The smallest absolute Gasteiger partial charge is 0.306 e. The molecule has 6 nitrogen and oxygen atoms in total. The number of carbonyl (C=O) groups excluding carboxylic acids is 3. The van der Waals surface area contributed by atoms with E-state index >= 15 is 0 Å². The van der Waals surface area contributed by atoms with E-state index < -0.39 is 29.4 Å². The molecule has 0 fully saturated rings. The van der Waals surface area contributed by atoms with E-state index in [1.54, 1.807) is 6.92 Å². The average Bonchev–Trinajstić information content (AvgIpc) is 2.45. The SMILES string of the molecule is CCOC(=O)CCC(=O)NNC(=O)c1ccc(F)c(F)c1. The fourth-order valence-electron chi connectivity index (χ4n) is 1.35. The molecule has 0 aliphatic carbocycles. The van der Waals surface area contributed by atoms with Crippen molar-refractivity contribution in [1.82, 2.24) is 10.9 Å². The van der Waals surface area contributed by atoms with Crippen molar-refractivity contribution in [3.05, 3.63) is 35.4 Å². The number of carbonyl (C=O) groups is 3. The molecular weight excluding hydrogens is 286 g/mol. The molecule has 0 atom stereocenters. The number of ether oxygens (including phenoxy) is 1. The lowest BCUT2D eigenvalue weighted by Gasteiger charge is -2.07. The second kappa shape index (κ2) is 7.93. The highest BCUT2D eigenvalue weighted by molar-refractivity contribution is 5.95. The molecule has 114 valence electrons. The van der Waals surface area contributed by atoms with Crippen LogP contribution in [-0.4, -0.2) is 24.4 Å². The standard InChI is InChI=1S/C13H14F2N2O4/c1-2-21-12(19)6-5-11(18)16-17-13(20)8-3-4-9(14)10(15)7-8/h3-4,7H,2,5-6H2,1H3,(H,16,18)(H,17,20). The van der Waals surface area contributed by atoms with Gasteiger partial charge in [-0.25, -0.2) is 8.78 Å². The van der Waals surface area contributed by atoms with Gasteiger partial charge in [-0.1, -0.05) is 0 Å². The highest BCUT2D eigenvalue weighted by Crippen LogP contribution is 2.08. The fourth-order valence-corrected chi connectivity index (χ4v) is 1.35. The van der Waals surface area contributed by atoms with Crippen LogP contribution in [0.3, 0.4) is 0 Å². The number of hydrazine groups is 1. The lowest BCUT2D eigenvalue weighted by atomic mass is 10.2. The van der Waals surface area contributed by atoms with Crippen molar-refractivity contribution in [2.75, 3.05) is 6.61 Å². The number of rotatable bonds is 5. The lowest BCUT2D eigenvalue weighted by Crippen LogP contribution is -2.41. The summed E-state index contributed by atoms with van der Waals surface area (Å²) in [6.07, 6.45) is -0.294. The molecule has 0 aliphatic rings. The zero-order chi connectivity index (χ0) is 15.8. The molecule has 1 aromatic carbocycles. The molecule has 0 aliphatic heterocycles. The van der Waals surface area contributed by atoms with Gasteiger partial charge in [0.2, 0.25) is 5.91 Å². The van der Waals surface area contributed by atoms with Gasteiger partial charge in [0.15, 0.2) is 11.6 Å². The van der Waals surface area contributed by atoms with Crippen LogP contribution in [0.4, 0.5) is 8.78 Å². The van der Waals surface area contributed by atoms with Crippen LogP contribution in [0, 0.1) is 11.6 Å². The first-order valence-electron chi connectivity index (χ1n) is 6.14. The molecule has 1 rings (SSSR count). The van der Waals surface area contributed by atoms with E-state index in [-0.39, 0.29) is 25.0 Å². The second-order valence-corrected chi connectivity index (χ2v) is 3.94. The summed E-state index contributed by atoms with van der Waals surface area (Å²) in [5.74, 6) is -4.20. The zero-order valence-corrected chi connectivity index (χ0v) is 11.2. The minimum atomic E-state index is -1.17. The van der Waals surface area contributed by atoms with Crippen LogP contribution in [0.15, 0.2) is 18.2 Å². The molecule has 0 bridgehead atoms. The van der Waals surface area contributed by atoms with Gasteiger partial charge in [-0.3, -0.25) is 25.2 Å². The predicted octanol–water partition coefficient (Wildman–Crippen LogP) is 1.07. The van der Waals surface area contributed by atoms with Crippen LogP contribution in [0.2, 0.25) is 0 Å². The Bertz CT molecular complexity index is 549. The van der Waals surface area contributed by atoms with Gasteiger partial charge >= 0.3 is 5.97 Å². The maximum absolute atomic E-state index is 12.9. The molecule has 0 heterocycles. The van der Waals surface area contributed by atoms with Gasteiger partial charge in [-0.2, -0.15) is 0 Å². The Morgan fingerprint density at radius 3 is 2.43 bits per heavy atom. The van der Waals surface area contributed by atoms with Crippen molar-refractivity contribution in [3.8, 4) is 0 Å². The molecule has 0 radical (unpaired) electrons. The maximum atomic E-state index is 12.9. The van der Waals surface area contributed by atoms with Gasteiger partial charge in [0.1, 0.15) is 0 Å². The molecule has 8 heteroatoms. The first-order valence-corrected chi connectivity index (χ1v) is 6.14. The number of hydrogen-bond donors (Lipinski definition) is 2. The molecule has 0 unspecified atom stereocenters. The Hall–Kier alpha value is -2.51. The van der Waals surface area contributed by atoms with Crippen molar-refractivity contribution in [1.29, 1.82) is 0 Å². The van der Waals surface area contributed by atoms with E-state index in [0.717, 1.165) is 12.1 Å². The summed E-state index contributed by atoms with van der Waals surface area (Å²) in [5.41, 5.74) is 3.92. The Balaban J connectivity index is 2.40. The van der Waals surface area contributed by atoms with Gasteiger partial charge < -0.3 is 4.74 Å². The van der Waals surface area contributed by atoms with E-state index in [4.69, 9.17) is 0 Å². The minimum absolute atomic E-state index is 0.124. The lowest BCUT2D eigenvalue weighted by molar-refractivity contribution is -0.144. The summed E-state index contributed by atoms with van der Waals surface area (Å²) in [6.45, 7) is 1.85. The van der Waals surface area contributed by atoms with Crippen molar-refractivity contribution in [2.45, 2.75) is 19.8 Å². The number of amides is 2. The van der Waals surface area contributed by atoms with E-state index in [0.29, 0.717) is 6.07 Å². The Labute approximate surface area is 119 Å². The van der Waals surface area contributed by atoms with Crippen molar-refractivity contribution in [3.63, 3.8) is 0 Å². The predicted molar refractivity (Wildman–Crippen MR) is 67.8 cm³/mol. The highest BCUT2D eigenvalue weighted by atomic mass is 19.2. The van der Waals surface area contributed by atoms with Crippen LogP contribution in [0.1, 0.15) is 30.1 Å². The minimum Gasteiger partial charge on any atom is -0.466 e. The first kappa shape index (κ1) is 16.5. The number of hydrogen-bond acceptors (Lipinski definition) is 4. The fraction of sp³-hybridized carbons (Fsp3) is 0.308. The van der Waals surface area contributed by atoms with Crippen LogP contribution in [0.25, 0.3) is 0 Å². The summed E-state index contributed by atoms with van der Waals surface area (Å²) in [5, 5.41) is 0. The largest absolute Gasteiger partial charge is 0.466 e. The van der Waals surface area contributed by atoms with Crippen LogP contribution in [0.5, 0.6) is 0 Å². The van der Waals surface area contributed by atoms with E-state index in [2.05, 4.69) is 10.2 Å². The normalized spacial score (nSPS) is 9.86. The van der Waals surface area contributed by atoms with E-state index in [1.807, 2.05) is 5.43 Å². The molecule has 0 saturated carbocycles. The van der Waals surface area contributed by atoms with Gasteiger partial charge in [-0.15, -0.1) is 0 Å². The Morgan fingerprint density at radius 2 is 1.81 bits per heavy atom. The quantitative estimate of drug-likeness (QED) is 0.629. The number of nitrogens with one attached hydrogen (secondary N) is 2. The van der Waals surface area contributed by atoms with Crippen LogP contribution >= 0.6 is 0 Å². The summed E-state index contributed by atoms with van der Waals surface area (Å²) < 4.78 is 30.2. The molecular formula is C13H14F2N2O4. The molecule has 0 saturated heterocycles. The summed E-state index contributed by atoms with van der Waals surface area (Å²) in [4.78, 5) is 33.9. The zero-order valence-electron chi connectivity index (χ0n) is 11.2. The third-order valence-electron chi connectivity index (χ3n) is 2.36. The summed E-state index contributed by atoms with van der Waals surface area (Å²) >= 11 is 0. The highest BCUT2D eigenvalue weighted by Gasteiger charge is 2.11. The third-order valence-corrected chi connectivity index (χ3v) is 2.36. The van der Waals surface area contributed by atoms with Crippen LogP contribution in [-0.2, 0) is 14.3 Å². The maximum Gasteiger partial charge on any atom is 0.306 e. The summed E-state index contributed by atoms with van der Waals surface area (Å²) in [7, 11) is 0. The van der Waals surface area contributed by atoms with E-state index in [9.17, 15) is 23.2 Å². The average molecular weight is 300 g/mol. The third kappa shape index (κ3) is 5.55. The molecule has 0 aromatic heterocycles. The van der Waals surface area contributed by atoms with Crippen molar-refractivity contribution < 1.29 is 27.9 Å². The van der Waals surface area contributed by atoms with Gasteiger partial charge in [0.25, 0.3) is 5.91 Å². The monoisotopic (exact) mass is 300 g/mol. The first-order chi connectivity index (χ1) is 9.93. The second-order valence-electron chi connectivity index (χ2n) is 3.94. The van der Waals surface area contributed by atoms with Crippen molar-refractivity contribution >= 4 is 17.8 Å². The number of benzene rings is 1. The van der Waals surface area contributed by atoms with Gasteiger partial charge in [0.05, 0.1) is 13.0 Å². The van der Waals surface area contributed by atoms with E-state index in [1.165, 1.54) is 0 Å². The van der Waals surface area contributed by atoms with Crippen LogP contribution < -0.4 is 10.9 Å². The molecule has 1 aromatic rings. The molecule has 2 amide bonds. The summed E-state index contributed by atoms with van der Waals surface area (Å²) in [6, 6.07) is 2.57. The molecule has 2 N–H and O–H groups in total. The topological polar surface area (TPSA) is 84.5 Å². The van der Waals surface area contributed by atoms with Gasteiger partial charge in [0, 0.05) is 12.0 Å². The molecule has 21 heavy (non-hydrogen) atoms. The molecule has 0 spiro atoms.